The van der Waals surface area contributed by atoms with Crippen molar-refractivity contribution in [2.24, 2.45) is 0 Å². The number of anilines is 2. The van der Waals surface area contributed by atoms with Crippen LogP contribution in [0.4, 0.5) is 11.4 Å². The van der Waals surface area contributed by atoms with Gasteiger partial charge in [0.05, 0.1) is 0 Å². The van der Waals surface area contributed by atoms with E-state index in [2.05, 4.69) is 16.0 Å². The summed E-state index contributed by atoms with van der Waals surface area (Å²) in [5.41, 5.74) is 1.89. The average molecular weight is 219 g/mol. The van der Waals surface area contributed by atoms with Crippen molar-refractivity contribution in [1.29, 1.82) is 0 Å². The number of amides is 1. The standard InChI is InChI=1S/C12H17N3O/c1-9(16)14-10-3-2-4-11(7-10)15-12-5-6-13-8-12/h2-4,7,12-13,15H,5-6,8H2,1H3,(H,14,16). The van der Waals surface area contributed by atoms with Gasteiger partial charge in [-0.25, -0.2) is 0 Å². The normalized spacial score (nSPS) is 19.4. The van der Waals surface area contributed by atoms with Gasteiger partial charge in [0.2, 0.25) is 5.91 Å². The van der Waals surface area contributed by atoms with Crippen LogP contribution in [-0.4, -0.2) is 25.0 Å². The molecule has 4 heteroatoms. The fourth-order valence-corrected chi connectivity index (χ4v) is 1.90. The topological polar surface area (TPSA) is 53.2 Å². The average Bonchev–Trinajstić information content (AvgIpc) is 2.70. The minimum absolute atomic E-state index is 0.0420. The minimum atomic E-state index is -0.0420. The molecule has 4 nitrogen and oxygen atoms in total. The first-order chi connectivity index (χ1) is 7.74. The molecule has 0 spiro atoms. The van der Waals surface area contributed by atoms with E-state index in [0.29, 0.717) is 6.04 Å². The van der Waals surface area contributed by atoms with E-state index in [1.54, 1.807) is 0 Å². The number of rotatable bonds is 3. The van der Waals surface area contributed by atoms with Crippen molar-refractivity contribution in [3.63, 3.8) is 0 Å². The first-order valence-electron chi connectivity index (χ1n) is 5.59. The smallest absolute Gasteiger partial charge is 0.221 e. The van der Waals surface area contributed by atoms with Crippen LogP contribution in [0.5, 0.6) is 0 Å². The highest BCUT2D eigenvalue weighted by atomic mass is 16.1. The number of carbonyl (C=O) groups is 1. The van der Waals surface area contributed by atoms with Crippen LogP contribution < -0.4 is 16.0 Å². The summed E-state index contributed by atoms with van der Waals surface area (Å²) < 4.78 is 0. The Morgan fingerprint density at radius 3 is 2.94 bits per heavy atom. The molecule has 0 aliphatic carbocycles. The van der Waals surface area contributed by atoms with Crippen molar-refractivity contribution in [3.05, 3.63) is 24.3 Å². The van der Waals surface area contributed by atoms with Gasteiger partial charge in [-0.05, 0) is 31.2 Å². The molecule has 0 saturated carbocycles. The zero-order valence-corrected chi connectivity index (χ0v) is 9.42. The molecule has 1 saturated heterocycles. The van der Waals surface area contributed by atoms with Gasteiger partial charge in [0.1, 0.15) is 0 Å². The van der Waals surface area contributed by atoms with Gasteiger partial charge in [0, 0.05) is 30.9 Å². The summed E-state index contributed by atoms with van der Waals surface area (Å²) in [6, 6.07) is 8.30. The molecule has 1 heterocycles. The van der Waals surface area contributed by atoms with Gasteiger partial charge in [0.25, 0.3) is 0 Å². The molecule has 16 heavy (non-hydrogen) atoms. The van der Waals surface area contributed by atoms with Crippen molar-refractivity contribution in [3.8, 4) is 0 Å². The maximum absolute atomic E-state index is 10.9. The minimum Gasteiger partial charge on any atom is -0.381 e. The van der Waals surface area contributed by atoms with Crippen molar-refractivity contribution in [1.82, 2.24) is 5.32 Å². The Kier molecular flexibility index (Phi) is 3.41. The summed E-state index contributed by atoms with van der Waals surface area (Å²) in [6.07, 6.45) is 1.14. The highest BCUT2D eigenvalue weighted by Gasteiger charge is 2.13. The second kappa shape index (κ2) is 4.99. The van der Waals surface area contributed by atoms with Crippen LogP contribution in [0.25, 0.3) is 0 Å². The summed E-state index contributed by atoms with van der Waals surface area (Å²) in [7, 11) is 0. The Hall–Kier alpha value is -1.55. The van der Waals surface area contributed by atoms with E-state index in [4.69, 9.17) is 0 Å². The Bertz CT molecular complexity index is 372. The summed E-state index contributed by atoms with van der Waals surface area (Å²) in [4.78, 5) is 10.9. The largest absolute Gasteiger partial charge is 0.381 e. The van der Waals surface area contributed by atoms with Crippen LogP contribution in [-0.2, 0) is 4.79 Å². The van der Waals surface area contributed by atoms with Crippen LogP contribution >= 0.6 is 0 Å². The van der Waals surface area contributed by atoms with E-state index in [0.717, 1.165) is 30.9 Å². The zero-order valence-electron chi connectivity index (χ0n) is 9.42. The van der Waals surface area contributed by atoms with Gasteiger partial charge in [-0.3, -0.25) is 4.79 Å². The predicted octanol–water partition coefficient (Wildman–Crippen LogP) is 1.42. The Balaban J connectivity index is 2.00. The number of hydrogen-bond acceptors (Lipinski definition) is 3. The van der Waals surface area contributed by atoms with Gasteiger partial charge in [-0.2, -0.15) is 0 Å². The highest BCUT2D eigenvalue weighted by molar-refractivity contribution is 5.89. The third-order valence-electron chi connectivity index (χ3n) is 2.61. The highest BCUT2D eigenvalue weighted by Crippen LogP contribution is 2.17. The van der Waals surface area contributed by atoms with Crippen molar-refractivity contribution in [2.45, 2.75) is 19.4 Å². The zero-order chi connectivity index (χ0) is 11.4. The quantitative estimate of drug-likeness (QED) is 0.720. The van der Waals surface area contributed by atoms with E-state index >= 15 is 0 Å². The molecule has 3 N–H and O–H groups in total. The first-order valence-corrected chi connectivity index (χ1v) is 5.59. The lowest BCUT2D eigenvalue weighted by Gasteiger charge is -2.13. The van der Waals surface area contributed by atoms with E-state index < -0.39 is 0 Å². The van der Waals surface area contributed by atoms with Crippen LogP contribution in [0.3, 0.4) is 0 Å². The maximum Gasteiger partial charge on any atom is 0.221 e. The van der Waals surface area contributed by atoms with Crippen LogP contribution in [0.2, 0.25) is 0 Å². The molecule has 1 aromatic carbocycles. The number of benzene rings is 1. The number of carbonyl (C=O) groups excluding carboxylic acids is 1. The predicted molar refractivity (Wildman–Crippen MR) is 65.6 cm³/mol. The lowest BCUT2D eigenvalue weighted by Crippen LogP contribution is -2.22. The molecule has 0 aromatic heterocycles. The van der Waals surface area contributed by atoms with Crippen LogP contribution in [0, 0.1) is 0 Å². The Morgan fingerprint density at radius 2 is 2.25 bits per heavy atom. The molecule has 1 atom stereocenters. The van der Waals surface area contributed by atoms with E-state index in [-0.39, 0.29) is 5.91 Å². The molecule has 1 aliphatic heterocycles. The number of hydrogen-bond donors (Lipinski definition) is 3. The molecule has 1 aromatic rings. The van der Waals surface area contributed by atoms with Crippen molar-refractivity contribution in [2.75, 3.05) is 23.7 Å². The van der Waals surface area contributed by atoms with Gasteiger partial charge >= 0.3 is 0 Å². The monoisotopic (exact) mass is 219 g/mol. The van der Waals surface area contributed by atoms with Gasteiger partial charge in [0.15, 0.2) is 0 Å². The third kappa shape index (κ3) is 2.97. The molecule has 1 fully saturated rings. The lowest BCUT2D eigenvalue weighted by atomic mass is 10.2. The van der Waals surface area contributed by atoms with Crippen LogP contribution in [0.15, 0.2) is 24.3 Å². The molecule has 0 radical (unpaired) electrons. The molecular formula is C12H17N3O. The number of nitrogens with one attached hydrogen (secondary N) is 3. The second-order valence-electron chi connectivity index (χ2n) is 4.10. The first kappa shape index (κ1) is 11.0. The summed E-state index contributed by atoms with van der Waals surface area (Å²) >= 11 is 0. The van der Waals surface area contributed by atoms with Gasteiger partial charge in [-0.1, -0.05) is 6.07 Å². The maximum atomic E-state index is 10.9. The molecule has 2 rings (SSSR count). The summed E-state index contributed by atoms with van der Waals surface area (Å²) in [6.45, 7) is 3.59. The van der Waals surface area contributed by atoms with E-state index in [1.165, 1.54) is 6.92 Å². The Morgan fingerprint density at radius 1 is 1.44 bits per heavy atom. The molecular weight excluding hydrogens is 202 g/mol. The van der Waals surface area contributed by atoms with E-state index in [9.17, 15) is 4.79 Å². The lowest BCUT2D eigenvalue weighted by molar-refractivity contribution is -0.114. The molecule has 0 bridgehead atoms. The Labute approximate surface area is 95.4 Å². The molecule has 1 unspecified atom stereocenters. The van der Waals surface area contributed by atoms with Crippen molar-refractivity contribution < 1.29 is 4.79 Å². The van der Waals surface area contributed by atoms with Gasteiger partial charge in [-0.15, -0.1) is 0 Å². The summed E-state index contributed by atoms with van der Waals surface area (Å²) in [5, 5.41) is 9.52. The second-order valence-corrected chi connectivity index (χ2v) is 4.10. The molecule has 1 aliphatic rings. The van der Waals surface area contributed by atoms with Crippen LogP contribution in [0.1, 0.15) is 13.3 Å². The van der Waals surface area contributed by atoms with Crippen molar-refractivity contribution >= 4 is 17.3 Å². The van der Waals surface area contributed by atoms with E-state index in [1.807, 2.05) is 24.3 Å². The fourth-order valence-electron chi connectivity index (χ4n) is 1.90. The van der Waals surface area contributed by atoms with Gasteiger partial charge < -0.3 is 16.0 Å². The molecule has 86 valence electrons. The fraction of sp³-hybridized carbons (Fsp3) is 0.417. The SMILES string of the molecule is CC(=O)Nc1cccc(NC2CCNC2)c1. The molecule has 1 amide bonds. The third-order valence-corrected chi connectivity index (χ3v) is 2.61. The summed E-state index contributed by atoms with van der Waals surface area (Å²) in [5.74, 6) is -0.0420.